The number of carbonyl (C=O) groups excluding carboxylic acids is 2. The lowest BCUT2D eigenvalue weighted by atomic mass is 9.76. The third kappa shape index (κ3) is 3.56. The summed E-state index contributed by atoms with van der Waals surface area (Å²) in [6, 6.07) is 13.5. The van der Waals surface area contributed by atoms with Crippen molar-refractivity contribution in [2.45, 2.75) is 18.6 Å². The van der Waals surface area contributed by atoms with Crippen molar-refractivity contribution >= 4 is 11.9 Å². The van der Waals surface area contributed by atoms with E-state index in [1.807, 2.05) is 0 Å². The van der Waals surface area contributed by atoms with Gasteiger partial charge < -0.3 is 15.2 Å². The van der Waals surface area contributed by atoms with Crippen molar-refractivity contribution in [1.29, 1.82) is 0 Å². The number of hydrogen-bond donors (Lipinski definition) is 3. The molecule has 0 radical (unpaired) electrons. The van der Waals surface area contributed by atoms with Gasteiger partial charge in [0.1, 0.15) is 11.4 Å². The summed E-state index contributed by atoms with van der Waals surface area (Å²) in [5, 5.41) is 14.8. The standard InChI is InChI=1S/C20H21FN2O4/c1-13-20(15(11-24)12-27-13,16-9-5-6-10-17(16)21)23-19(26)22-18(25)14-7-3-2-4-8-14/h2-10,13,15,24H,11-12H2,1H3,(H2,22,23,25,26)/t13-,15+,20-/m0/s1. The second-order valence-corrected chi connectivity index (χ2v) is 6.48. The van der Waals surface area contributed by atoms with Crippen LogP contribution in [0.3, 0.4) is 0 Å². The molecule has 1 heterocycles. The molecule has 3 atom stereocenters. The first kappa shape index (κ1) is 19.0. The van der Waals surface area contributed by atoms with E-state index in [9.17, 15) is 19.1 Å². The third-order valence-corrected chi connectivity index (χ3v) is 4.96. The van der Waals surface area contributed by atoms with Crippen molar-refractivity contribution < 1.29 is 23.8 Å². The average molecular weight is 372 g/mol. The van der Waals surface area contributed by atoms with Crippen molar-refractivity contribution in [2.75, 3.05) is 13.2 Å². The van der Waals surface area contributed by atoms with Gasteiger partial charge in [-0.1, -0.05) is 36.4 Å². The van der Waals surface area contributed by atoms with E-state index in [1.165, 1.54) is 6.07 Å². The van der Waals surface area contributed by atoms with Gasteiger partial charge in [-0.2, -0.15) is 0 Å². The number of aliphatic hydroxyl groups excluding tert-OH is 1. The summed E-state index contributed by atoms with van der Waals surface area (Å²) in [5.41, 5.74) is -0.778. The number of urea groups is 1. The van der Waals surface area contributed by atoms with E-state index in [4.69, 9.17) is 4.74 Å². The minimum absolute atomic E-state index is 0.152. The fourth-order valence-corrected chi connectivity index (χ4v) is 3.54. The number of benzene rings is 2. The molecule has 0 unspecified atom stereocenters. The number of nitrogens with one attached hydrogen (secondary N) is 2. The van der Waals surface area contributed by atoms with Crippen LogP contribution in [-0.4, -0.2) is 36.4 Å². The Kier molecular flexibility index (Phi) is 5.53. The van der Waals surface area contributed by atoms with Crippen LogP contribution in [-0.2, 0) is 10.3 Å². The van der Waals surface area contributed by atoms with Crippen LogP contribution < -0.4 is 10.6 Å². The summed E-state index contributed by atoms with van der Waals surface area (Å²) < 4.78 is 20.2. The van der Waals surface area contributed by atoms with E-state index in [2.05, 4.69) is 10.6 Å². The first-order valence-electron chi connectivity index (χ1n) is 8.65. The smallest absolute Gasteiger partial charge is 0.322 e. The molecule has 0 spiro atoms. The molecule has 27 heavy (non-hydrogen) atoms. The van der Waals surface area contributed by atoms with Gasteiger partial charge in [-0.15, -0.1) is 0 Å². The maximum Gasteiger partial charge on any atom is 0.322 e. The molecule has 3 rings (SSSR count). The van der Waals surface area contributed by atoms with Crippen LogP contribution in [0.2, 0.25) is 0 Å². The lowest BCUT2D eigenvalue weighted by Gasteiger charge is -2.38. The number of ether oxygens (including phenoxy) is 1. The predicted molar refractivity (Wildman–Crippen MR) is 96.5 cm³/mol. The van der Waals surface area contributed by atoms with Gasteiger partial charge in [-0.05, 0) is 25.1 Å². The molecule has 7 heteroatoms. The lowest BCUT2D eigenvalue weighted by molar-refractivity contribution is 0.0812. The SMILES string of the molecule is C[C@@H]1OC[C@@H](CO)[C@]1(NC(=O)NC(=O)c1ccccc1)c1ccccc1F. The molecule has 3 amide bonds. The van der Waals surface area contributed by atoms with E-state index in [-0.39, 0.29) is 18.8 Å². The summed E-state index contributed by atoms with van der Waals surface area (Å²) in [7, 11) is 0. The molecule has 0 aromatic heterocycles. The summed E-state index contributed by atoms with van der Waals surface area (Å²) >= 11 is 0. The van der Waals surface area contributed by atoms with E-state index in [1.54, 1.807) is 55.5 Å². The van der Waals surface area contributed by atoms with Gasteiger partial charge in [0.05, 0.1) is 19.3 Å². The number of amides is 3. The van der Waals surface area contributed by atoms with Crippen LogP contribution in [0.25, 0.3) is 0 Å². The van der Waals surface area contributed by atoms with Crippen LogP contribution in [0.15, 0.2) is 54.6 Å². The monoisotopic (exact) mass is 372 g/mol. The Labute approximate surface area is 156 Å². The molecule has 2 aromatic rings. The second-order valence-electron chi connectivity index (χ2n) is 6.48. The Morgan fingerprint density at radius 1 is 1.19 bits per heavy atom. The summed E-state index contributed by atoms with van der Waals surface area (Å²) in [6.45, 7) is 1.53. The highest BCUT2D eigenvalue weighted by molar-refractivity contribution is 6.04. The maximum absolute atomic E-state index is 14.6. The fourth-order valence-electron chi connectivity index (χ4n) is 3.54. The highest BCUT2D eigenvalue weighted by Gasteiger charge is 2.53. The summed E-state index contributed by atoms with van der Waals surface area (Å²) in [6.07, 6.45) is -0.607. The predicted octanol–water partition coefficient (Wildman–Crippen LogP) is 2.19. The van der Waals surface area contributed by atoms with Crippen LogP contribution >= 0.6 is 0 Å². The van der Waals surface area contributed by atoms with E-state index in [0.717, 1.165) is 0 Å². The number of halogens is 1. The third-order valence-electron chi connectivity index (χ3n) is 4.96. The molecule has 3 N–H and O–H groups in total. The van der Waals surface area contributed by atoms with Gasteiger partial charge in [0.2, 0.25) is 0 Å². The van der Waals surface area contributed by atoms with E-state index in [0.29, 0.717) is 5.56 Å². The van der Waals surface area contributed by atoms with Crippen LogP contribution in [0.4, 0.5) is 9.18 Å². The van der Waals surface area contributed by atoms with E-state index < -0.39 is 35.3 Å². The van der Waals surface area contributed by atoms with Crippen LogP contribution in [0, 0.1) is 11.7 Å². The summed E-state index contributed by atoms with van der Waals surface area (Å²) in [5.74, 6) is -1.67. The van der Waals surface area contributed by atoms with Crippen molar-refractivity contribution in [1.82, 2.24) is 10.6 Å². The number of hydrogen-bond acceptors (Lipinski definition) is 4. The molecule has 1 aliphatic rings. The van der Waals surface area contributed by atoms with Gasteiger partial charge in [-0.25, -0.2) is 9.18 Å². The molecule has 142 valence electrons. The van der Waals surface area contributed by atoms with Crippen LogP contribution in [0.1, 0.15) is 22.8 Å². The molecule has 2 aromatic carbocycles. The van der Waals surface area contributed by atoms with E-state index >= 15 is 0 Å². The molecule has 0 bridgehead atoms. The zero-order valence-corrected chi connectivity index (χ0v) is 14.8. The molecule has 6 nitrogen and oxygen atoms in total. The van der Waals surface area contributed by atoms with Gasteiger partial charge in [0.15, 0.2) is 0 Å². The molecule has 1 aliphatic heterocycles. The van der Waals surface area contributed by atoms with Gasteiger partial charge in [0.25, 0.3) is 5.91 Å². The van der Waals surface area contributed by atoms with Gasteiger partial charge in [-0.3, -0.25) is 10.1 Å². The largest absolute Gasteiger partial charge is 0.396 e. The molecule has 1 fully saturated rings. The molecule has 1 saturated heterocycles. The van der Waals surface area contributed by atoms with Crippen LogP contribution in [0.5, 0.6) is 0 Å². The van der Waals surface area contributed by atoms with Gasteiger partial charge in [0, 0.05) is 17.0 Å². The van der Waals surface area contributed by atoms with Crippen molar-refractivity contribution in [2.24, 2.45) is 5.92 Å². The minimum atomic E-state index is -1.30. The zero-order chi connectivity index (χ0) is 19.4. The number of carbonyl (C=O) groups is 2. The number of imide groups is 1. The Bertz CT molecular complexity index is 830. The first-order valence-corrected chi connectivity index (χ1v) is 8.65. The van der Waals surface area contributed by atoms with Crippen molar-refractivity contribution in [3.05, 3.63) is 71.5 Å². The van der Waals surface area contributed by atoms with Crippen molar-refractivity contribution in [3.63, 3.8) is 0 Å². The average Bonchev–Trinajstić information content (AvgIpc) is 2.98. The Morgan fingerprint density at radius 2 is 1.85 bits per heavy atom. The Morgan fingerprint density at radius 3 is 2.52 bits per heavy atom. The highest BCUT2D eigenvalue weighted by atomic mass is 19.1. The van der Waals surface area contributed by atoms with Crippen molar-refractivity contribution in [3.8, 4) is 0 Å². The molecule has 0 aliphatic carbocycles. The highest BCUT2D eigenvalue weighted by Crippen LogP contribution is 2.41. The number of aliphatic hydroxyl groups is 1. The minimum Gasteiger partial charge on any atom is -0.396 e. The Hall–Kier alpha value is -2.77. The molecule has 0 saturated carbocycles. The summed E-state index contributed by atoms with van der Waals surface area (Å²) in [4.78, 5) is 24.8. The fraction of sp³-hybridized carbons (Fsp3) is 0.300. The quantitative estimate of drug-likeness (QED) is 0.768. The first-order chi connectivity index (χ1) is 13.0. The molecular weight excluding hydrogens is 351 g/mol. The lowest BCUT2D eigenvalue weighted by Crippen LogP contribution is -2.59. The Balaban J connectivity index is 1.90. The normalized spacial score (nSPS) is 24.4. The zero-order valence-electron chi connectivity index (χ0n) is 14.8. The van der Waals surface area contributed by atoms with Gasteiger partial charge >= 0.3 is 6.03 Å². The molecular formula is C20H21FN2O4. The maximum atomic E-state index is 14.6. The number of rotatable bonds is 4. The second kappa shape index (κ2) is 7.85. The topological polar surface area (TPSA) is 87.7 Å².